The molecular weight excluding hydrogens is 338 g/mol. The summed E-state index contributed by atoms with van der Waals surface area (Å²) in [6.07, 6.45) is 5.43. The number of benzene rings is 1. The summed E-state index contributed by atoms with van der Waals surface area (Å²) in [5, 5.41) is 6.26. The van der Waals surface area contributed by atoms with Crippen LogP contribution in [0.2, 0.25) is 0 Å². The predicted molar refractivity (Wildman–Crippen MR) is 109 cm³/mol. The van der Waals surface area contributed by atoms with E-state index in [9.17, 15) is 4.79 Å². The van der Waals surface area contributed by atoms with Gasteiger partial charge in [0, 0.05) is 38.7 Å². The number of aromatic nitrogens is 2. The summed E-state index contributed by atoms with van der Waals surface area (Å²) in [4.78, 5) is 23.2. The first-order valence-electron chi connectivity index (χ1n) is 9.86. The maximum absolute atomic E-state index is 12.2. The number of rotatable bonds is 8. The van der Waals surface area contributed by atoms with E-state index in [1.165, 1.54) is 6.42 Å². The summed E-state index contributed by atoms with van der Waals surface area (Å²) in [5.74, 6) is 2.50. The van der Waals surface area contributed by atoms with Crippen LogP contribution in [0.5, 0.6) is 0 Å². The topological polar surface area (TPSA) is 70.2 Å². The largest absolute Gasteiger partial charge is 0.370 e. The molecule has 0 aliphatic carbocycles. The predicted octanol–water partition coefficient (Wildman–Crippen LogP) is 3.22. The number of nitrogens with one attached hydrogen (secondary N) is 2. The first-order chi connectivity index (χ1) is 13.2. The molecule has 1 atom stereocenters. The van der Waals surface area contributed by atoms with Crippen molar-refractivity contribution in [2.45, 2.75) is 39.2 Å². The summed E-state index contributed by atoms with van der Waals surface area (Å²) in [7, 11) is 0. The lowest BCUT2D eigenvalue weighted by molar-refractivity contribution is -0.121. The zero-order chi connectivity index (χ0) is 18.9. The molecule has 1 fully saturated rings. The van der Waals surface area contributed by atoms with Crippen molar-refractivity contribution in [1.29, 1.82) is 0 Å². The molecule has 6 heteroatoms. The van der Waals surface area contributed by atoms with E-state index in [1.54, 1.807) is 6.33 Å². The van der Waals surface area contributed by atoms with Crippen LogP contribution in [0.4, 0.5) is 11.6 Å². The van der Waals surface area contributed by atoms with Crippen LogP contribution >= 0.6 is 0 Å². The van der Waals surface area contributed by atoms with E-state index >= 15 is 0 Å². The summed E-state index contributed by atoms with van der Waals surface area (Å²) in [6, 6.07) is 12.0. The minimum absolute atomic E-state index is 0.132. The molecule has 144 valence electrons. The first-order valence-corrected chi connectivity index (χ1v) is 9.86. The molecule has 2 aromatic rings. The monoisotopic (exact) mass is 367 g/mol. The minimum atomic E-state index is 0.132. The van der Waals surface area contributed by atoms with Crippen molar-refractivity contribution < 1.29 is 4.79 Å². The van der Waals surface area contributed by atoms with Crippen LogP contribution < -0.4 is 15.5 Å². The highest BCUT2D eigenvalue weighted by Gasteiger charge is 2.22. The fourth-order valence-electron chi connectivity index (χ4n) is 3.53. The van der Waals surface area contributed by atoms with Crippen LogP contribution in [-0.4, -0.2) is 35.5 Å². The van der Waals surface area contributed by atoms with E-state index in [-0.39, 0.29) is 5.91 Å². The molecule has 2 N–H and O–H groups in total. The zero-order valence-corrected chi connectivity index (χ0v) is 16.0. The van der Waals surface area contributed by atoms with Crippen LogP contribution in [0.1, 0.15) is 38.2 Å². The van der Waals surface area contributed by atoms with Crippen molar-refractivity contribution >= 4 is 17.5 Å². The minimum Gasteiger partial charge on any atom is -0.370 e. The second kappa shape index (κ2) is 9.90. The number of nitrogens with zero attached hydrogens (tertiary/aromatic N) is 3. The quantitative estimate of drug-likeness (QED) is 0.750. The second-order valence-corrected chi connectivity index (χ2v) is 7.05. The molecule has 2 heterocycles. The Labute approximate surface area is 161 Å². The van der Waals surface area contributed by atoms with Crippen LogP contribution in [0.25, 0.3) is 0 Å². The number of carbonyl (C=O) groups excluding carboxylic acids is 1. The summed E-state index contributed by atoms with van der Waals surface area (Å²) >= 11 is 0. The third-order valence-corrected chi connectivity index (χ3v) is 4.97. The lowest BCUT2D eigenvalue weighted by atomic mass is 9.93. The summed E-state index contributed by atoms with van der Waals surface area (Å²) in [5.41, 5.74) is 1.13. The molecule has 1 aliphatic rings. The Morgan fingerprint density at radius 3 is 2.93 bits per heavy atom. The molecule has 1 aliphatic heterocycles. The van der Waals surface area contributed by atoms with Gasteiger partial charge in [-0.2, -0.15) is 0 Å². The van der Waals surface area contributed by atoms with Crippen LogP contribution in [0.15, 0.2) is 42.7 Å². The third-order valence-electron chi connectivity index (χ3n) is 4.97. The van der Waals surface area contributed by atoms with E-state index in [2.05, 4.69) is 32.4 Å². The van der Waals surface area contributed by atoms with Gasteiger partial charge in [-0.25, -0.2) is 9.97 Å². The molecule has 1 aromatic carbocycles. The molecule has 1 unspecified atom stereocenters. The Kier molecular flexibility index (Phi) is 7.02. The van der Waals surface area contributed by atoms with Crippen LogP contribution in [0, 0.1) is 5.92 Å². The van der Waals surface area contributed by atoms with Crippen molar-refractivity contribution in [3.63, 3.8) is 0 Å². The van der Waals surface area contributed by atoms with Gasteiger partial charge in [0.05, 0.1) is 0 Å². The van der Waals surface area contributed by atoms with Gasteiger partial charge in [-0.05, 0) is 37.7 Å². The normalized spacial score (nSPS) is 16.8. The van der Waals surface area contributed by atoms with Crippen LogP contribution in [0.3, 0.4) is 0 Å². The Balaban J connectivity index is 1.45. The first kappa shape index (κ1) is 19.1. The fourth-order valence-corrected chi connectivity index (χ4v) is 3.53. The van der Waals surface area contributed by atoms with Crippen molar-refractivity contribution in [2.24, 2.45) is 5.92 Å². The fraction of sp³-hybridized carbons (Fsp3) is 0.476. The smallest absolute Gasteiger partial charge is 0.220 e. The van der Waals surface area contributed by atoms with Gasteiger partial charge in [0.15, 0.2) is 0 Å². The van der Waals surface area contributed by atoms with Gasteiger partial charge in [0.2, 0.25) is 5.91 Å². The molecule has 1 amide bonds. The van der Waals surface area contributed by atoms with Gasteiger partial charge in [-0.15, -0.1) is 0 Å². The Morgan fingerprint density at radius 2 is 2.11 bits per heavy atom. The van der Waals surface area contributed by atoms with Gasteiger partial charge >= 0.3 is 0 Å². The van der Waals surface area contributed by atoms with E-state index in [1.807, 2.05) is 36.4 Å². The molecule has 0 saturated carbocycles. The average Bonchev–Trinajstić information content (AvgIpc) is 2.72. The highest BCUT2D eigenvalue weighted by atomic mass is 16.1. The van der Waals surface area contributed by atoms with E-state index < -0.39 is 0 Å². The lowest BCUT2D eigenvalue weighted by Gasteiger charge is -2.33. The van der Waals surface area contributed by atoms with E-state index in [0.29, 0.717) is 18.9 Å². The second-order valence-electron chi connectivity index (χ2n) is 7.05. The highest BCUT2D eigenvalue weighted by molar-refractivity contribution is 5.75. The number of piperidine rings is 1. The molecule has 0 radical (unpaired) electrons. The Hall–Kier alpha value is -2.63. The molecule has 6 nitrogen and oxygen atoms in total. The molecule has 1 saturated heterocycles. The summed E-state index contributed by atoms with van der Waals surface area (Å²) < 4.78 is 0. The van der Waals surface area contributed by atoms with Gasteiger partial charge in [-0.1, -0.05) is 30.3 Å². The highest BCUT2D eigenvalue weighted by Crippen LogP contribution is 2.25. The maximum atomic E-state index is 12.2. The SMILES string of the molecule is CCNc1cc(N2CCCC(CCC(=O)NCc3ccccc3)C2)ncn1. The molecule has 3 rings (SSSR count). The molecule has 0 spiro atoms. The van der Waals surface area contributed by atoms with Gasteiger partial charge in [-0.3, -0.25) is 4.79 Å². The van der Waals surface area contributed by atoms with Crippen LogP contribution in [-0.2, 0) is 11.3 Å². The number of amides is 1. The molecule has 1 aromatic heterocycles. The van der Waals surface area contributed by atoms with E-state index in [4.69, 9.17) is 0 Å². The number of hydrogen-bond acceptors (Lipinski definition) is 5. The van der Waals surface area contributed by atoms with Gasteiger partial charge < -0.3 is 15.5 Å². The average molecular weight is 367 g/mol. The number of hydrogen-bond donors (Lipinski definition) is 2. The molecule has 27 heavy (non-hydrogen) atoms. The zero-order valence-electron chi connectivity index (χ0n) is 16.0. The summed E-state index contributed by atoms with van der Waals surface area (Å²) in [6.45, 7) is 5.47. The maximum Gasteiger partial charge on any atom is 0.220 e. The lowest BCUT2D eigenvalue weighted by Crippen LogP contribution is -2.36. The molecule has 0 bridgehead atoms. The molecular formula is C21H29N5O. The number of anilines is 2. The van der Waals surface area contributed by atoms with Crippen molar-refractivity contribution in [2.75, 3.05) is 29.9 Å². The van der Waals surface area contributed by atoms with Crippen molar-refractivity contribution in [1.82, 2.24) is 15.3 Å². The Morgan fingerprint density at radius 1 is 1.26 bits per heavy atom. The van der Waals surface area contributed by atoms with Crippen molar-refractivity contribution in [3.05, 3.63) is 48.3 Å². The van der Waals surface area contributed by atoms with Crippen molar-refractivity contribution in [3.8, 4) is 0 Å². The standard InChI is InChI=1S/C21H29N5O/c1-2-22-19-13-20(25-16-24-19)26-12-6-9-18(15-26)10-11-21(27)23-14-17-7-4-3-5-8-17/h3-5,7-8,13,16,18H,2,6,9-12,14-15H2,1H3,(H,23,27)(H,22,24,25). The Bertz CT molecular complexity index is 722. The third kappa shape index (κ3) is 5.94. The number of carbonyl (C=O) groups is 1. The van der Waals surface area contributed by atoms with Gasteiger partial charge in [0.25, 0.3) is 0 Å². The van der Waals surface area contributed by atoms with Gasteiger partial charge in [0.1, 0.15) is 18.0 Å². The van der Waals surface area contributed by atoms with E-state index in [0.717, 1.165) is 49.7 Å².